The van der Waals surface area contributed by atoms with E-state index in [1.54, 1.807) is 0 Å². The van der Waals surface area contributed by atoms with Crippen LogP contribution in [0.15, 0.2) is 0 Å². The Morgan fingerprint density at radius 3 is 2.46 bits per heavy atom. The molecule has 0 unspecified atom stereocenters. The molecule has 0 aliphatic heterocycles. The van der Waals surface area contributed by atoms with Crippen molar-refractivity contribution in [3.8, 4) is 0 Å². The van der Waals surface area contributed by atoms with E-state index in [-0.39, 0.29) is 15.7 Å². The lowest BCUT2D eigenvalue weighted by molar-refractivity contribution is -0.127. The Morgan fingerprint density at radius 2 is 2.15 bits per heavy atom. The van der Waals surface area contributed by atoms with Crippen LogP contribution in [0.3, 0.4) is 0 Å². The van der Waals surface area contributed by atoms with Gasteiger partial charge in [0.15, 0.2) is 5.78 Å². The molecule has 0 N–H and O–H groups in total. The minimum Gasteiger partial charge on any atom is -0.298 e. The molecule has 13 heavy (non-hydrogen) atoms. The van der Waals surface area contributed by atoms with Gasteiger partial charge in [0.05, 0.1) is 4.83 Å². The van der Waals surface area contributed by atoms with Gasteiger partial charge in [-0.2, -0.15) is 0 Å². The number of carbonyl (C=O) groups excluding carboxylic acids is 1. The quantitative estimate of drug-likeness (QED) is 0.680. The van der Waals surface area contributed by atoms with Crippen LogP contribution < -0.4 is 0 Å². The van der Waals surface area contributed by atoms with E-state index in [1.807, 2.05) is 0 Å². The number of carbonyl (C=O) groups is 1. The zero-order valence-electron chi connectivity index (χ0n) is 7.94. The number of ketones is 1. The Kier molecular flexibility index (Phi) is 2.20. The second-order valence-corrected chi connectivity index (χ2v) is 6.34. The molecular formula is C10H14Br2O. The number of Topliss-reactive ketones (excluding diaryl/α,β-unsaturated/α-hetero) is 1. The summed E-state index contributed by atoms with van der Waals surface area (Å²) in [5, 5.41) is 0.939. The third kappa shape index (κ3) is 0.956. The van der Waals surface area contributed by atoms with Crippen molar-refractivity contribution >= 4 is 37.6 Å². The van der Waals surface area contributed by atoms with Gasteiger partial charge in [-0.15, -0.1) is 0 Å². The van der Waals surface area contributed by atoms with E-state index in [2.05, 4.69) is 45.7 Å². The molecule has 2 rings (SSSR count). The molecule has 74 valence electrons. The summed E-state index contributed by atoms with van der Waals surface area (Å²) in [5.41, 5.74) is 0.0770. The lowest BCUT2D eigenvalue weighted by atomic mass is 9.70. The van der Waals surface area contributed by atoms with Gasteiger partial charge >= 0.3 is 0 Å². The fourth-order valence-corrected chi connectivity index (χ4v) is 5.45. The predicted molar refractivity (Wildman–Crippen MR) is 60.5 cm³/mol. The first-order valence-electron chi connectivity index (χ1n) is 4.72. The lowest BCUT2D eigenvalue weighted by Gasteiger charge is -2.34. The van der Waals surface area contributed by atoms with Crippen LogP contribution in [-0.2, 0) is 4.79 Å². The minimum atomic E-state index is -0.0880. The molecule has 2 aliphatic carbocycles. The van der Waals surface area contributed by atoms with Crippen LogP contribution in [-0.4, -0.2) is 15.9 Å². The minimum absolute atomic E-state index is 0.0880. The molecule has 0 heterocycles. The van der Waals surface area contributed by atoms with Crippen molar-refractivity contribution in [1.29, 1.82) is 0 Å². The maximum atomic E-state index is 12.0. The third-order valence-electron chi connectivity index (χ3n) is 4.46. The van der Waals surface area contributed by atoms with Crippen molar-refractivity contribution < 1.29 is 4.79 Å². The highest BCUT2D eigenvalue weighted by Gasteiger charge is 2.67. The summed E-state index contributed by atoms with van der Waals surface area (Å²) < 4.78 is 0. The standard InChI is InChI=1S/C10H14Br2O/c1-9-4-3-6(7(12)8(9)13)10(9,2)5-11/h6-7H,3-5H2,1-2H3/t6-,7-,9+,10-/m1/s1. The van der Waals surface area contributed by atoms with Crippen LogP contribution >= 0.6 is 31.9 Å². The van der Waals surface area contributed by atoms with Crippen LogP contribution in [0.5, 0.6) is 0 Å². The lowest BCUT2D eigenvalue weighted by Crippen LogP contribution is -2.36. The number of hydrogen-bond acceptors (Lipinski definition) is 1. The molecule has 0 amide bonds. The third-order valence-corrected chi connectivity index (χ3v) is 6.68. The van der Waals surface area contributed by atoms with Crippen LogP contribution in [0.4, 0.5) is 0 Å². The monoisotopic (exact) mass is 308 g/mol. The Hall–Kier alpha value is 0.630. The number of rotatable bonds is 1. The Bertz CT molecular complexity index is 266. The van der Waals surface area contributed by atoms with E-state index < -0.39 is 0 Å². The van der Waals surface area contributed by atoms with E-state index in [4.69, 9.17) is 0 Å². The molecule has 0 aromatic heterocycles. The maximum Gasteiger partial charge on any atom is 0.153 e. The first-order chi connectivity index (χ1) is 5.97. The second-order valence-electron chi connectivity index (χ2n) is 4.79. The van der Waals surface area contributed by atoms with Gasteiger partial charge in [0, 0.05) is 10.7 Å². The van der Waals surface area contributed by atoms with Gasteiger partial charge in [-0.25, -0.2) is 0 Å². The molecule has 2 saturated carbocycles. The highest BCUT2D eigenvalue weighted by molar-refractivity contribution is 9.10. The van der Waals surface area contributed by atoms with Crippen molar-refractivity contribution in [2.75, 3.05) is 5.33 Å². The molecule has 4 atom stereocenters. The highest BCUT2D eigenvalue weighted by Crippen LogP contribution is 2.65. The number of fused-ring (bicyclic) bond motifs is 2. The first kappa shape index (κ1) is 10.2. The molecule has 0 saturated heterocycles. The van der Waals surface area contributed by atoms with Crippen molar-refractivity contribution in [3.05, 3.63) is 0 Å². The number of hydrogen-bond donors (Lipinski definition) is 0. The normalized spacial score (nSPS) is 54.6. The molecule has 0 spiro atoms. The van der Waals surface area contributed by atoms with Gasteiger partial charge < -0.3 is 0 Å². The van der Waals surface area contributed by atoms with Gasteiger partial charge in [0.2, 0.25) is 0 Å². The Morgan fingerprint density at radius 1 is 1.54 bits per heavy atom. The smallest absolute Gasteiger partial charge is 0.153 e. The van der Waals surface area contributed by atoms with E-state index in [9.17, 15) is 4.79 Å². The van der Waals surface area contributed by atoms with Gasteiger partial charge in [-0.05, 0) is 24.2 Å². The first-order valence-corrected chi connectivity index (χ1v) is 6.75. The summed E-state index contributed by atoms with van der Waals surface area (Å²) in [6, 6.07) is 0. The molecule has 3 heteroatoms. The van der Waals surface area contributed by atoms with Crippen molar-refractivity contribution in [1.82, 2.24) is 0 Å². The van der Waals surface area contributed by atoms with Crippen LogP contribution in [0.25, 0.3) is 0 Å². The molecule has 2 fully saturated rings. The summed E-state index contributed by atoms with van der Waals surface area (Å²) >= 11 is 7.11. The van der Waals surface area contributed by atoms with E-state index in [0.29, 0.717) is 11.7 Å². The van der Waals surface area contributed by atoms with E-state index in [0.717, 1.165) is 11.8 Å². The average molecular weight is 310 g/mol. The fraction of sp³-hybridized carbons (Fsp3) is 0.900. The predicted octanol–water partition coefficient (Wildman–Crippen LogP) is 3.15. The molecule has 0 aromatic carbocycles. The highest BCUT2D eigenvalue weighted by atomic mass is 79.9. The zero-order valence-corrected chi connectivity index (χ0v) is 11.1. The summed E-state index contributed by atoms with van der Waals surface area (Å²) in [4.78, 5) is 12.1. The maximum absolute atomic E-state index is 12.0. The average Bonchev–Trinajstić information content (AvgIpc) is 2.44. The molecule has 0 radical (unpaired) electrons. The zero-order chi connectivity index (χ0) is 9.85. The largest absolute Gasteiger partial charge is 0.298 e. The van der Waals surface area contributed by atoms with Crippen molar-refractivity contribution in [2.45, 2.75) is 31.5 Å². The van der Waals surface area contributed by atoms with Gasteiger partial charge in [0.25, 0.3) is 0 Å². The molecule has 2 aliphatic rings. The summed E-state index contributed by atoms with van der Waals surface area (Å²) in [6.07, 6.45) is 2.26. The van der Waals surface area contributed by atoms with Crippen molar-refractivity contribution in [3.63, 3.8) is 0 Å². The molecule has 1 nitrogen and oxygen atoms in total. The van der Waals surface area contributed by atoms with E-state index >= 15 is 0 Å². The Balaban J connectivity index is 2.49. The summed E-state index contributed by atoms with van der Waals surface area (Å²) in [7, 11) is 0. The molecular weight excluding hydrogens is 296 g/mol. The van der Waals surface area contributed by atoms with Gasteiger partial charge in [-0.1, -0.05) is 45.7 Å². The molecule has 2 bridgehead atoms. The number of alkyl halides is 2. The Labute approximate surface area is 95.9 Å². The van der Waals surface area contributed by atoms with Crippen molar-refractivity contribution in [2.24, 2.45) is 16.7 Å². The number of halogens is 2. The van der Waals surface area contributed by atoms with E-state index in [1.165, 1.54) is 6.42 Å². The fourth-order valence-electron chi connectivity index (χ4n) is 3.07. The van der Waals surface area contributed by atoms with Gasteiger partial charge in [0.1, 0.15) is 0 Å². The van der Waals surface area contributed by atoms with Gasteiger partial charge in [-0.3, -0.25) is 4.79 Å². The molecule has 0 aromatic rings. The summed E-state index contributed by atoms with van der Waals surface area (Å²) in [6.45, 7) is 4.39. The second kappa shape index (κ2) is 2.82. The summed E-state index contributed by atoms with van der Waals surface area (Å²) in [5.74, 6) is 0.954. The van der Waals surface area contributed by atoms with Crippen LogP contribution in [0.1, 0.15) is 26.7 Å². The SMILES string of the molecule is C[C@]12CC[C@H]([C@@H](Br)C1=O)[C@@]2(C)CBr. The topological polar surface area (TPSA) is 17.1 Å². The van der Waals surface area contributed by atoms with Crippen LogP contribution in [0, 0.1) is 16.7 Å². The van der Waals surface area contributed by atoms with Crippen LogP contribution in [0.2, 0.25) is 0 Å².